The highest BCUT2D eigenvalue weighted by Gasteiger charge is 2.19. The topological polar surface area (TPSA) is 54.5 Å². The fourth-order valence-electron chi connectivity index (χ4n) is 1.93. The van der Waals surface area contributed by atoms with E-state index in [-0.39, 0.29) is 5.75 Å². The first-order valence-electron chi connectivity index (χ1n) is 7.39. The van der Waals surface area contributed by atoms with Gasteiger partial charge in [-0.15, -0.1) is 0 Å². The van der Waals surface area contributed by atoms with E-state index in [9.17, 15) is 13.2 Å². The van der Waals surface area contributed by atoms with Crippen LogP contribution < -0.4 is 0 Å². The van der Waals surface area contributed by atoms with Crippen molar-refractivity contribution in [2.75, 3.05) is 12.8 Å². The van der Waals surface area contributed by atoms with Crippen molar-refractivity contribution < 1.29 is 13.2 Å². The average Bonchev–Trinajstić information content (AvgIpc) is 2.35. The van der Waals surface area contributed by atoms with E-state index in [4.69, 9.17) is 0 Å². The van der Waals surface area contributed by atoms with Gasteiger partial charge in [-0.25, -0.2) is 12.7 Å². The molecule has 0 aliphatic carbocycles. The lowest BCUT2D eigenvalue weighted by Crippen LogP contribution is -2.33. The molecule has 0 rings (SSSR count). The van der Waals surface area contributed by atoms with E-state index in [2.05, 4.69) is 6.92 Å². The standard InChI is InChI=1S/C14H29NO3S/c1-4-5-6-7-8-9-10-11-12-13-19(17,18)15(3)14(2)16/h4-13H2,1-3H3. The number of hydrogen-bond acceptors (Lipinski definition) is 3. The van der Waals surface area contributed by atoms with Crippen LogP contribution in [0.1, 0.15) is 71.6 Å². The number of hydrogen-bond donors (Lipinski definition) is 0. The smallest absolute Gasteiger partial charge is 0.237 e. The van der Waals surface area contributed by atoms with Gasteiger partial charge in [0, 0.05) is 14.0 Å². The van der Waals surface area contributed by atoms with Gasteiger partial charge in [0.05, 0.1) is 5.75 Å². The van der Waals surface area contributed by atoms with Crippen LogP contribution in [0.2, 0.25) is 0 Å². The van der Waals surface area contributed by atoms with E-state index < -0.39 is 15.9 Å². The molecule has 4 nitrogen and oxygen atoms in total. The monoisotopic (exact) mass is 291 g/mol. The third-order valence-electron chi connectivity index (χ3n) is 3.37. The highest BCUT2D eigenvalue weighted by molar-refractivity contribution is 7.89. The first-order valence-corrected chi connectivity index (χ1v) is 9.00. The highest BCUT2D eigenvalue weighted by atomic mass is 32.2. The molecule has 1 amide bonds. The molecule has 0 aliphatic rings. The molecule has 0 aromatic rings. The van der Waals surface area contributed by atoms with E-state index >= 15 is 0 Å². The van der Waals surface area contributed by atoms with E-state index in [1.807, 2.05) is 0 Å². The predicted molar refractivity (Wildman–Crippen MR) is 79.5 cm³/mol. The quantitative estimate of drug-likeness (QED) is 0.549. The number of nitrogens with zero attached hydrogens (tertiary/aromatic N) is 1. The normalized spacial score (nSPS) is 11.5. The molecule has 0 aromatic heterocycles. The number of rotatable bonds is 11. The SMILES string of the molecule is CCCCCCCCCCCS(=O)(=O)N(C)C(C)=O. The minimum absolute atomic E-state index is 0.0823. The molecular weight excluding hydrogens is 262 g/mol. The van der Waals surface area contributed by atoms with Crippen LogP contribution in [-0.2, 0) is 14.8 Å². The summed E-state index contributed by atoms with van der Waals surface area (Å²) >= 11 is 0. The van der Waals surface area contributed by atoms with Crippen LogP contribution in [0.5, 0.6) is 0 Å². The minimum Gasteiger partial charge on any atom is -0.274 e. The summed E-state index contributed by atoms with van der Waals surface area (Å²) in [4.78, 5) is 11.0. The van der Waals surface area contributed by atoms with Gasteiger partial charge in [0.15, 0.2) is 0 Å². The Labute approximate surface area is 118 Å². The van der Waals surface area contributed by atoms with Crippen LogP contribution >= 0.6 is 0 Å². The molecule has 0 heterocycles. The van der Waals surface area contributed by atoms with Crippen LogP contribution in [-0.4, -0.2) is 31.4 Å². The molecule has 0 aliphatic heterocycles. The summed E-state index contributed by atoms with van der Waals surface area (Å²) in [7, 11) is -2.06. The Bertz CT molecular complexity index is 339. The van der Waals surface area contributed by atoms with Gasteiger partial charge in [-0.1, -0.05) is 58.3 Å². The highest BCUT2D eigenvalue weighted by Crippen LogP contribution is 2.11. The van der Waals surface area contributed by atoms with E-state index in [1.54, 1.807) is 0 Å². The Morgan fingerprint density at radius 3 is 1.74 bits per heavy atom. The van der Waals surface area contributed by atoms with Crippen molar-refractivity contribution in [3.8, 4) is 0 Å². The van der Waals surface area contributed by atoms with Gasteiger partial charge in [0.25, 0.3) is 0 Å². The lowest BCUT2D eigenvalue weighted by Gasteiger charge is -2.15. The van der Waals surface area contributed by atoms with Crippen LogP contribution in [0.25, 0.3) is 0 Å². The molecular formula is C14H29NO3S. The zero-order chi connectivity index (χ0) is 14.7. The molecule has 114 valence electrons. The number of amides is 1. The molecule has 0 aromatic carbocycles. The summed E-state index contributed by atoms with van der Waals surface area (Å²) in [6.07, 6.45) is 10.3. The summed E-state index contributed by atoms with van der Waals surface area (Å²) in [5, 5.41) is 0. The summed E-state index contributed by atoms with van der Waals surface area (Å²) < 4.78 is 24.2. The molecule has 0 radical (unpaired) electrons. The van der Waals surface area contributed by atoms with Crippen molar-refractivity contribution in [2.24, 2.45) is 0 Å². The minimum atomic E-state index is -3.38. The van der Waals surface area contributed by atoms with Crippen LogP contribution in [0.15, 0.2) is 0 Å². The van der Waals surface area contributed by atoms with Crippen molar-refractivity contribution in [1.82, 2.24) is 4.31 Å². The lowest BCUT2D eigenvalue weighted by molar-refractivity contribution is -0.123. The van der Waals surface area contributed by atoms with E-state index in [1.165, 1.54) is 52.5 Å². The van der Waals surface area contributed by atoms with Crippen molar-refractivity contribution in [3.05, 3.63) is 0 Å². The second-order valence-corrected chi connectivity index (χ2v) is 7.25. The Hall–Kier alpha value is -0.580. The van der Waals surface area contributed by atoms with Crippen molar-refractivity contribution >= 4 is 15.9 Å². The molecule has 0 spiro atoms. The van der Waals surface area contributed by atoms with Crippen LogP contribution in [0.4, 0.5) is 0 Å². The Morgan fingerprint density at radius 1 is 0.895 bits per heavy atom. The van der Waals surface area contributed by atoms with Crippen molar-refractivity contribution in [1.29, 1.82) is 0 Å². The van der Waals surface area contributed by atoms with Gasteiger partial charge >= 0.3 is 0 Å². The third kappa shape index (κ3) is 9.03. The Balaban J connectivity index is 3.56. The number of carbonyl (C=O) groups is 1. The Morgan fingerprint density at radius 2 is 1.32 bits per heavy atom. The maximum Gasteiger partial charge on any atom is 0.237 e. The maximum absolute atomic E-state index is 11.7. The molecule has 0 N–H and O–H groups in total. The van der Waals surface area contributed by atoms with Crippen LogP contribution in [0.3, 0.4) is 0 Å². The number of sulfonamides is 1. The zero-order valence-corrected chi connectivity index (χ0v) is 13.5. The van der Waals surface area contributed by atoms with Crippen LogP contribution in [0, 0.1) is 0 Å². The fourth-order valence-corrected chi connectivity index (χ4v) is 3.16. The largest absolute Gasteiger partial charge is 0.274 e. The van der Waals surface area contributed by atoms with Gasteiger partial charge < -0.3 is 0 Å². The molecule has 0 fully saturated rings. The van der Waals surface area contributed by atoms with Gasteiger partial charge in [-0.3, -0.25) is 4.79 Å². The molecule has 0 bridgehead atoms. The number of unbranched alkanes of at least 4 members (excludes halogenated alkanes) is 8. The molecule has 5 heteroatoms. The summed E-state index contributed by atoms with van der Waals surface area (Å²) in [5.74, 6) is -0.338. The lowest BCUT2D eigenvalue weighted by atomic mass is 10.1. The maximum atomic E-state index is 11.7. The molecule has 0 saturated heterocycles. The second-order valence-electron chi connectivity index (χ2n) is 5.13. The van der Waals surface area contributed by atoms with E-state index in [0.717, 1.165) is 17.1 Å². The molecule has 0 atom stereocenters. The summed E-state index contributed by atoms with van der Waals surface area (Å²) in [5.41, 5.74) is 0. The van der Waals surface area contributed by atoms with Gasteiger partial charge in [-0.05, 0) is 6.42 Å². The average molecular weight is 291 g/mol. The third-order valence-corrected chi connectivity index (χ3v) is 5.26. The van der Waals surface area contributed by atoms with Crippen molar-refractivity contribution in [2.45, 2.75) is 71.6 Å². The van der Waals surface area contributed by atoms with Crippen molar-refractivity contribution in [3.63, 3.8) is 0 Å². The van der Waals surface area contributed by atoms with Gasteiger partial charge in [0.1, 0.15) is 0 Å². The summed E-state index contributed by atoms with van der Waals surface area (Å²) in [6.45, 7) is 3.48. The number of carbonyl (C=O) groups excluding carboxylic acids is 1. The second kappa shape index (κ2) is 10.2. The summed E-state index contributed by atoms with van der Waals surface area (Å²) in [6, 6.07) is 0. The molecule has 0 unspecified atom stereocenters. The van der Waals surface area contributed by atoms with Gasteiger partial charge in [-0.2, -0.15) is 0 Å². The Kier molecular flexibility index (Phi) is 9.92. The van der Waals surface area contributed by atoms with Gasteiger partial charge in [0.2, 0.25) is 15.9 Å². The molecule has 0 saturated carbocycles. The van der Waals surface area contributed by atoms with E-state index in [0.29, 0.717) is 6.42 Å². The molecule has 19 heavy (non-hydrogen) atoms. The fraction of sp³-hybridized carbons (Fsp3) is 0.929. The first kappa shape index (κ1) is 18.4. The predicted octanol–water partition coefficient (Wildman–Crippen LogP) is 3.33. The zero-order valence-electron chi connectivity index (χ0n) is 12.7. The first-order chi connectivity index (χ1) is 8.91.